The van der Waals surface area contributed by atoms with E-state index in [9.17, 15) is 0 Å². The van der Waals surface area contributed by atoms with Gasteiger partial charge in [-0.2, -0.15) is 0 Å². The van der Waals surface area contributed by atoms with Gasteiger partial charge in [0, 0.05) is 19.6 Å². The molecular formula is C13H18N2. The van der Waals surface area contributed by atoms with Crippen molar-refractivity contribution < 1.29 is 0 Å². The van der Waals surface area contributed by atoms with E-state index in [4.69, 9.17) is 5.73 Å². The summed E-state index contributed by atoms with van der Waals surface area (Å²) in [6.45, 7) is 4.30. The second kappa shape index (κ2) is 3.32. The molecule has 0 bridgehead atoms. The van der Waals surface area contributed by atoms with Gasteiger partial charge in [-0.15, -0.1) is 0 Å². The van der Waals surface area contributed by atoms with Crippen LogP contribution in [0.3, 0.4) is 0 Å². The number of nitrogens with zero attached hydrogens (tertiary/aromatic N) is 1. The van der Waals surface area contributed by atoms with Crippen LogP contribution in [0.1, 0.15) is 24.0 Å². The van der Waals surface area contributed by atoms with Crippen LogP contribution in [0, 0.1) is 5.41 Å². The minimum atomic E-state index is 0.474. The summed E-state index contributed by atoms with van der Waals surface area (Å²) in [5.74, 6) is 0. The molecule has 2 nitrogen and oxygen atoms in total. The van der Waals surface area contributed by atoms with Gasteiger partial charge < -0.3 is 5.73 Å². The largest absolute Gasteiger partial charge is 0.330 e. The van der Waals surface area contributed by atoms with E-state index in [1.54, 1.807) is 0 Å². The molecule has 1 aliphatic carbocycles. The summed E-state index contributed by atoms with van der Waals surface area (Å²) >= 11 is 0. The molecule has 1 aromatic carbocycles. The average molecular weight is 202 g/mol. The molecule has 0 spiro atoms. The van der Waals surface area contributed by atoms with Crippen molar-refractivity contribution in [3.8, 4) is 0 Å². The first-order valence-corrected chi connectivity index (χ1v) is 5.81. The Balaban J connectivity index is 1.69. The second-order valence-electron chi connectivity index (χ2n) is 5.12. The summed E-state index contributed by atoms with van der Waals surface area (Å²) in [6, 6.07) is 8.77. The van der Waals surface area contributed by atoms with E-state index in [0.717, 1.165) is 19.6 Å². The molecule has 15 heavy (non-hydrogen) atoms. The first kappa shape index (κ1) is 9.37. The van der Waals surface area contributed by atoms with Crippen molar-refractivity contribution in [2.24, 2.45) is 11.1 Å². The van der Waals surface area contributed by atoms with Gasteiger partial charge in [0.05, 0.1) is 0 Å². The number of hydrogen-bond acceptors (Lipinski definition) is 2. The van der Waals surface area contributed by atoms with Crippen LogP contribution >= 0.6 is 0 Å². The molecule has 1 saturated carbocycles. The third kappa shape index (κ3) is 1.68. The van der Waals surface area contributed by atoms with E-state index in [-0.39, 0.29) is 0 Å². The zero-order valence-electron chi connectivity index (χ0n) is 9.08. The Labute approximate surface area is 91.1 Å². The first-order chi connectivity index (χ1) is 7.31. The predicted octanol–water partition coefficient (Wildman–Crippen LogP) is 1.74. The summed E-state index contributed by atoms with van der Waals surface area (Å²) in [5.41, 5.74) is 9.31. The van der Waals surface area contributed by atoms with Crippen molar-refractivity contribution in [1.82, 2.24) is 4.90 Å². The van der Waals surface area contributed by atoms with Crippen LogP contribution in [-0.4, -0.2) is 18.0 Å². The molecule has 1 fully saturated rings. The number of rotatable bonds is 3. The minimum absolute atomic E-state index is 0.474. The van der Waals surface area contributed by atoms with E-state index >= 15 is 0 Å². The maximum absolute atomic E-state index is 5.83. The Morgan fingerprint density at radius 2 is 1.73 bits per heavy atom. The van der Waals surface area contributed by atoms with Gasteiger partial charge in [0.1, 0.15) is 0 Å². The molecule has 80 valence electrons. The van der Waals surface area contributed by atoms with Crippen molar-refractivity contribution in [3.63, 3.8) is 0 Å². The Morgan fingerprint density at radius 3 is 2.20 bits per heavy atom. The summed E-state index contributed by atoms with van der Waals surface area (Å²) in [5, 5.41) is 0. The lowest BCUT2D eigenvalue weighted by Crippen LogP contribution is -2.30. The van der Waals surface area contributed by atoms with E-state index < -0.39 is 0 Å². The lowest BCUT2D eigenvalue weighted by molar-refractivity contribution is 0.226. The van der Waals surface area contributed by atoms with Gasteiger partial charge in [0.15, 0.2) is 0 Å². The molecular weight excluding hydrogens is 184 g/mol. The lowest BCUT2D eigenvalue weighted by Gasteiger charge is -2.21. The Hall–Kier alpha value is -0.860. The third-order valence-electron chi connectivity index (χ3n) is 3.86. The quantitative estimate of drug-likeness (QED) is 0.809. The molecule has 0 unspecified atom stereocenters. The fourth-order valence-electron chi connectivity index (χ4n) is 2.59. The SMILES string of the molecule is NCC1(CN2Cc3ccccc3C2)CC1. The molecule has 1 aliphatic heterocycles. The monoisotopic (exact) mass is 202 g/mol. The summed E-state index contributed by atoms with van der Waals surface area (Å²) in [6.07, 6.45) is 2.66. The zero-order chi connectivity index (χ0) is 10.3. The number of fused-ring (bicyclic) bond motifs is 1. The highest BCUT2D eigenvalue weighted by Crippen LogP contribution is 2.46. The molecule has 2 heteroatoms. The van der Waals surface area contributed by atoms with Crippen LogP contribution in [0.2, 0.25) is 0 Å². The highest BCUT2D eigenvalue weighted by molar-refractivity contribution is 5.30. The smallest absolute Gasteiger partial charge is 0.0240 e. The Morgan fingerprint density at radius 1 is 1.13 bits per heavy atom. The summed E-state index contributed by atoms with van der Waals surface area (Å²) in [4.78, 5) is 2.55. The Bertz CT molecular complexity index is 344. The van der Waals surface area contributed by atoms with Crippen molar-refractivity contribution in [1.29, 1.82) is 0 Å². The van der Waals surface area contributed by atoms with Crippen molar-refractivity contribution >= 4 is 0 Å². The van der Waals surface area contributed by atoms with Crippen LogP contribution in [0.15, 0.2) is 24.3 Å². The fraction of sp³-hybridized carbons (Fsp3) is 0.538. The average Bonchev–Trinajstić information content (AvgIpc) is 2.91. The number of hydrogen-bond donors (Lipinski definition) is 1. The standard InChI is InChI=1S/C13H18N2/c14-9-13(5-6-13)10-15-7-11-3-1-2-4-12(11)8-15/h1-4H,5-10,14H2. The van der Waals surface area contributed by atoms with Gasteiger partial charge in [0.25, 0.3) is 0 Å². The molecule has 3 rings (SSSR count). The lowest BCUT2D eigenvalue weighted by atomic mass is 10.1. The van der Waals surface area contributed by atoms with Crippen LogP contribution < -0.4 is 5.73 Å². The molecule has 1 aromatic rings. The number of benzene rings is 1. The van der Waals surface area contributed by atoms with Gasteiger partial charge in [-0.3, -0.25) is 4.90 Å². The van der Waals surface area contributed by atoms with Crippen LogP contribution in [0.4, 0.5) is 0 Å². The maximum Gasteiger partial charge on any atom is 0.0240 e. The molecule has 0 aromatic heterocycles. The molecule has 0 radical (unpaired) electrons. The molecule has 0 saturated heterocycles. The van der Waals surface area contributed by atoms with E-state index in [2.05, 4.69) is 29.2 Å². The van der Waals surface area contributed by atoms with Crippen LogP contribution in [-0.2, 0) is 13.1 Å². The minimum Gasteiger partial charge on any atom is -0.330 e. The highest BCUT2D eigenvalue weighted by atomic mass is 15.2. The van der Waals surface area contributed by atoms with Crippen molar-refractivity contribution in [3.05, 3.63) is 35.4 Å². The molecule has 2 N–H and O–H groups in total. The predicted molar refractivity (Wildman–Crippen MR) is 61.3 cm³/mol. The second-order valence-corrected chi connectivity index (χ2v) is 5.12. The summed E-state index contributed by atoms with van der Waals surface area (Å²) in [7, 11) is 0. The first-order valence-electron chi connectivity index (χ1n) is 5.81. The molecule has 0 atom stereocenters. The van der Waals surface area contributed by atoms with Crippen LogP contribution in [0.5, 0.6) is 0 Å². The van der Waals surface area contributed by atoms with Gasteiger partial charge in [-0.1, -0.05) is 24.3 Å². The van der Waals surface area contributed by atoms with E-state index in [1.165, 1.54) is 30.5 Å². The maximum atomic E-state index is 5.83. The van der Waals surface area contributed by atoms with Gasteiger partial charge in [0.2, 0.25) is 0 Å². The number of nitrogens with two attached hydrogens (primary N) is 1. The molecule has 2 aliphatic rings. The third-order valence-corrected chi connectivity index (χ3v) is 3.86. The Kier molecular flexibility index (Phi) is 2.08. The van der Waals surface area contributed by atoms with Crippen molar-refractivity contribution in [2.75, 3.05) is 13.1 Å². The summed E-state index contributed by atoms with van der Waals surface area (Å²) < 4.78 is 0. The van der Waals surface area contributed by atoms with E-state index in [0.29, 0.717) is 5.41 Å². The van der Waals surface area contributed by atoms with Crippen LogP contribution in [0.25, 0.3) is 0 Å². The molecule has 0 amide bonds. The molecule has 1 heterocycles. The van der Waals surface area contributed by atoms with Crippen molar-refractivity contribution in [2.45, 2.75) is 25.9 Å². The fourth-order valence-corrected chi connectivity index (χ4v) is 2.59. The van der Waals surface area contributed by atoms with E-state index in [1.807, 2.05) is 0 Å². The topological polar surface area (TPSA) is 29.3 Å². The van der Waals surface area contributed by atoms with Gasteiger partial charge in [-0.05, 0) is 35.9 Å². The van der Waals surface area contributed by atoms with Gasteiger partial charge in [-0.25, -0.2) is 0 Å². The normalized spacial score (nSPS) is 22.7. The van der Waals surface area contributed by atoms with Gasteiger partial charge >= 0.3 is 0 Å². The zero-order valence-corrected chi connectivity index (χ0v) is 9.08. The highest BCUT2D eigenvalue weighted by Gasteiger charge is 2.43.